The van der Waals surface area contributed by atoms with Gasteiger partial charge in [-0.05, 0) is 48.5 Å². The Balaban J connectivity index is 2.90. The minimum atomic E-state index is -0.696. The number of hydrogen-bond acceptors (Lipinski definition) is 7. The van der Waals surface area contributed by atoms with Gasteiger partial charge in [-0.25, -0.2) is 9.78 Å². The Morgan fingerprint density at radius 2 is 1.85 bits per heavy atom. The Morgan fingerprint density at radius 3 is 2.31 bits per heavy atom. The van der Waals surface area contributed by atoms with Gasteiger partial charge in [0.25, 0.3) is 5.88 Å². The van der Waals surface area contributed by atoms with Crippen molar-refractivity contribution in [3.8, 4) is 5.88 Å². The van der Waals surface area contributed by atoms with Gasteiger partial charge in [0.2, 0.25) is 0 Å². The summed E-state index contributed by atoms with van der Waals surface area (Å²) in [6.45, 7) is 14.4. The molecular weight excluding hydrogens is 338 g/mol. The van der Waals surface area contributed by atoms with E-state index in [-0.39, 0.29) is 23.7 Å². The minimum absolute atomic E-state index is 0.0185. The van der Waals surface area contributed by atoms with E-state index in [0.29, 0.717) is 18.6 Å². The zero-order chi connectivity index (χ0) is 20.1. The molecule has 0 radical (unpaired) electrons. The number of carbonyl (C=O) groups is 1. The molecular formula is C18H29N3O5. The molecule has 0 aromatic carbocycles. The van der Waals surface area contributed by atoms with Crippen LogP contribution in [0.1, 0.15) is 58.8 Å². The zero-order valence-electron chi connectivity index (χ0n) is 16.6. The van der Waals surface area contributed by atoms with E-state index in [0.717, 1.165) is 6.07 Å². The number of carbonyl (C=O) groups excluding carboxylic acids is 1. The van der Waals surface area contributed by atoms with Crippen LogP contribution in [0.2, 0.25) is 0 Å². The molecule has 0 N–H and O–H groups in total. The van der Waals surface area contributed by atoms with Gasteiger partial charge in [0.1, 0.15) is 12.2 Å². The van der Waals surface area contributed by atoms with Crippen LogP contribution < -0.4 is 4.74 Å². The number of nitrogens with zero attached hydrogens (tertiary/aromatic N) is 3. The lowest BCUT2D eigenvalue weighted by Crippen LogP contribution is -2.39. The van der Waals surface area contributed by atoms with Crippen molar-refractivity contribution in [2.24, 2.45) is 0 Å². The van der Waals surface area contributed by atoms with E-state index in [9.17, 15) is 14.9 Å². The standard InChI is InChI=1S/C18H29N3O5/c1-12(2)20(13(3)4)8-9-25-16-15(21(23)24)10-14(11-19-16)17(22)26-18(5,6)7/h10-13H,8-9H2,1-7H3. The van der Waals surface area contributed by atoms with Crippen LogP contribution in [-0.2, 0) is 4.74 Å². The molecule has 1 rings (SSSR count). The summed E-state index contributed by atoms with van der Waals surface area (Å²) in [5, 5.41) is 11.3. The van der Waals surface area contributed by atoms with Crippen LogP contribution in [-0.4, -0.2) is 51.6 Å². The highest BCUT2D eigenvalue weighted by Crippen LogP contribution is 2.26. The first kappa shape index (κ1) is 21.8. The molecule has 8 nitrogen and oxygen atoms in total. The molecule has 0 aliphatic heterocycles. The van der Waals surface area contributed by atoms with E-state index in [2.05, 4.69) is 37.6 Å². The van der Waals surface area contributed by atoms with Crippen molar-refractivity contribution in [1.82, 2.24) is 9.88 Å². The van der Waals surface area contributed by atoms with Crippen LogP contribution in [0.3, 0.4) is 0 Å². The number of nitro groups is 1. The van der Waals surface area contributed by atoms with Crippen LogP contribution in [0.15, 0.2) is 12.3 Å². The first-order valence-corrected chi connectivity index (χ1v) is 8.68. The summed E-state index contributed by atoms with van der Waals surface area (Å²) < 4.78 is 10.7. The van der Waals surface area contributed by atoms with E-state index < -0.39 is 16.5 Å². The second-order valence-corrected chi connectivity index (χ2v) is 7.58. The van der Waals surface area contributed by atoms with E-state index >= 15 is 0 Å². The molecule has 26 heavy (non-hydrogen) atoms. The molecule has 1 aromatic rings. The van der Waals surface area contributed by atoms with E-state index in [1.807, 2.05) is 0 Å². The summed E-state index contributed by atoms with van der Waals surface area (Å²) in [4.78, 5) is 28.9. The number of rotatable bonds is 8. The third-order valence-electron chi connectivity index (χ3n) is 3.58. The third kappa shape index (κ3) is 6.59. The number of esters is 1. The third-order valence-corrected chi connectivity index (χ3v) is 3.58. The average Bonchev–Trinajstić information content (AvgIpc) is 2.48. The van der Waals surface area contributed by atoms with Crippen LogP contribution >= 0.6 is 0 Å². The second-order valence-electron chi connectivity index (χ2n) is 7.58. The number of ether oxygens (including phenoxy) is 2. The molecule has 146 valence electrons. The number of aromatic nitrogens is 1. The van der Waals surface area contributed by atoms with E-state index in [1.54, 1.807) is 20.8 Å². The highest BCUT2D eigenvalue weighted by atomic mass is 16.6. The first-order chi connectivity index (χ1) is 11.9. The highest BCUT2D eigenvalue weighted by Gasteiger charge is 2.24. The normalized spacial score (nSPS) is 11.9. The molecule has 0 aliphatic rings. The van der Waals surface area contributed by atoms with Gasteiger partial charge in [0.05, 0.1) is 10.5 Å². The maximum Gasteiger partial charge on any atom is 0.340 e. The number of hydrogen-bond donors (Lipinski definition) is 0. The fourth-order valence-electron chi connectivity index (χ4n) is 2.49. The predicted molar refractivity (Wildman–Crippen MR) is 98.5 cm³/mol. The topological polar surface area (TPSA) is 94.8 Å². The van der Waals surface area contributed by atoms with Gasteiger partial charge in [0.15, 0.2) is 0 Å². The molecule has 0 aliphatic carbocycles. The van der Waals surface area contributed by atoms with Crippen LogP contribution in [0.5, 0.6) is 5.88 Å². The lowest BCUT2D eigenvalue weighted by atomic mass is 10.2. The molecule has 0 atom stereocenters. The average molecular weight is 367 g/mol. The van der Waals surface area contributed by atoms with Gasteiger partial charge in [-0.3, -0.25) is 15.0 Å². The molecule has 0 fully saturated rings. The van der Waals surface area contributed by atoms with Crippen LogP contribution in [0.25, 0.3) is 0 Å². The molecule has 0 unspecified atom stereocenters. The fraction of sp³-hybridized carbons (Fsp3) is 0.667. The Bertz CT molecular complexity index is 630. The summed E-state index contributed by atoms with van der Waals surface area (Å²) in [5.74, 6) is -0.764. The number of pyridine rings is 1. The van der Waals surface area contributed by atoms with Gasteiger partial charge in [-0.1, -0.05) is 0 Å². The van der Waals surface area contributed by atoms with Crippen molar-refractivity contribution in [3.63, 3.8) is 0 Å². The van der Waals surface area contributed by atoms with Gasteiger partial charge in [-0.2, -0.15) is 0 Å². The van der Waals surface area contributed by atoms with Gasteiger partial charge in [-0.15, -0.1) is 0 Å². The molecule has 0 saturated carbocycles. The van der Waals surface area contributed by atoms with Crippen molar-refractivity contribution in [2.45, 2.75) is 66.2 Å². The van der Waals surface area contributed by atoms with Crippen LogP contribution in [0.4, 0.5) is 5.69 Å². The highest BCUT2D eigenvalue weighted by molar-refractivity contribution is 5.90. The maximum absolute atomic E-state index is 12.1. The van der Waals surface area contributed by atoms with Crippen molar-refractivity contribution >= 4 is 11.7 Å². The Kier molecular flexibility index (Phi) is 7.50. The second kappa shape index (κ2) is 8.93. The van der Waals surface area contributed by atoms with Crippen LogP contribution in [0, 0.1) is 10.1 Å². The molecule has 1 aromatic heterocycles. The van der Waals surface area contributed by atoms with Gasteiger partial charge >= 0.3 is 11.7 Å². The summed E-state index contributed by atoms with van der Waals surface area (Å²) in [6.07, 6.45) is 1.24. The van der Waals surface area contributed by atoms with Crippen molar-refractivity contribution in [2.75, 3.05) is 13.2 Å². The summed E-state index contributed by atoms with van der Waals surface area (Å²) in [6, 6.07) is 1.80. The Labute approximate surface area is 154 Å². The largest absolute Gasteiger partial charge is 0.471 e. The lowest BCUT2D eigenvalue weighted by Gasteiger charge is -2.30. The lowest BCUT2D eigenvalue weighted by molar-refractivity contribution is -0.386. The molecule has 0 spiro atoms. The fourth-order valence-corrected chi connectivity index (χ4v) is 2.49. The van der Waals surface area contributed by atoms with Gasteiger partial charge in [0, 0.05) is 30.9 Å². The summed E-state index contributed by atoms with van der Waals surface area (Å²) in [5.41, 5.74) is -1.03. The molecule has 0 amide bonds. The minimum Gasteiger partial charge on any atom is -0.471 e. The smallest absolute Gasteiger partial charge is 0.340 e. The summed E-state index contributed by atoms with van der Waals surface area (Å²) >= 11 is 0. The molecule has 1 heterocycles. The predicted octanol–water partition coefficient (Wildman–Crippen LogP) is 3.44. The summed E-state index contributed by atoms with van der Waals surface area (Å²) in [7, 11) is 0. The zero-order valence-corrected chi connectivity index (χ0v) is 16.6. The molecule has 0 saturated heterocycles. The SMILES string of the molecule is CC(C)N(CCOc1ncc(C(=O)OC(C)(C)C)cc1[N+](=O)[O-])C(C)C. The monoisotopic (exact) mass is 367 g/mol. The first-order valence-electron chi connectivity index (χ1n) is 8.68. The molecule has 8 heteroatoms. The maximum atomic E-state index is 12.1. The quantitative estimate of drug-likeness (QED) is 0.394. The van der Waals surface area contributed by atoms with Gasteiger partial charge < -0.3 is 9.47 Å². The molecule has 0 bridgehead atoms. The van der Waals surface area contributed by atoms with Crippen molar-refractivity contribution < 1.29 is 19.2 Å². The van der Waals surface area contributed by atoms with E-state index in [4.69, 9.17) is 9.47 Å². The van der Waals surface area contributed by atoms with Crippen molar-refractivity contribution in [1.29, 1.82) is 0 Å². The Hall–Kier alpha value is -2.22. The van der Waals surface area contributed by atoms with E-state index in [1.165, 1.54) is 6.20 Å². The van der Waals surface area contributed by atoms with Crippen molar-refractivity contribution in [3.05, 3.63) is 27.9 Å². The Morgan fingerprint density at radius 1 is 1.27 bits per heavy atom.